The Hall–Kier alpha value is -3.22. The van der Waals surface area contributed by atoms with Gasteiger partial charge in [0.25, 0.3) is 5.91 Å². The molecule has 2 N–H and O–H groups in total. The predicted molar refractivity (Wildman–Crippen MR) is 124 cm³/mol. The third-order valence-electron chi connectivity index (χ3n) is 6.75. The summed E-state index contributed by atoms with van der Waals surface area (Å²) >= 11 is 0. The van der Waals surface area contributed by atoms with Crippen molar-refractivity contribution in [3.63, 3.8) is 0 Å². The lowest BCUT2D eigenvalue weighted by Gasteiger charge is -2.34. The standard InChI is InChI=1S/C25H31N5O2/c1-15(13-30-18(4)16(2)17(3)28-30)25(32)29-11-7-9-20(14-29)23-21(24(26)31)12-19-8-5-6-10-22(19)27-23/h5-6,8,10,12,15,20H,7,9,11,13-14H2,1-4H3,(H2,26,31)/t15-,20+/m0/s1. The van der Waals surface area contributed by atoms with Gasteiger partial charge < -0.3 is 10.6 Å². The van der Waals surface area contributed by atoms with Crippen LogP contribution >= 0.6 is 0 Å². The minimum absolute atomic E-state index is 0.0112. The lowest BCUT2D eigenvalue weighted by atomic mass is 9.90. The van der Waals surface area contributed by atoms with Crippen LogP contribution in [-0.4, -0.2) is 44.6 Å². The molecule has 0 saturated carbocycles. The molecule has 1 aliphatic rings. The van der Waals surface area contributed by atoms with Gasteiger partial charge in [0.15, 0.2) is 0 Å². The van der Waals surface area contributed by atoms with Crippen LogP contribution in [0.25, 0.3) is 10.9 Å². The highest BCUT2D eigenvalue weighted by molar-refractivity contribution is 5.97. The second-order valence-electron chi connectivity index (χ2n) is 8.98. The van der Waals surface area contributed by atoms with Gasteiger partial charge in [-0.2, -0.15) is 5.10 Å². The van der Waals surface area contributed by atoms with Gasteiger partial charge in [-0.25, -0.2) is 0 Å². The summed E-state index contributed by atoms with van der Waals surface area (Å²) in [5.41, 5.74) is 11.0. The van der Waals surface area contributed by atoms with E-state index in [2.05, 4.69) is 12.0 Å². The maximum absolute atomic E-state index is 13.3. The Morgan fingerprint density at radius 2 is 1.97 bits per heavy atom. The molecule has 2 amide bonds. The molecule has 1 fully saturated rings. The Morgan fingerprint density at radius 1 is 1.22 bits per heavy atom. The SMILES string of the molecule is Cc1nn(C[C@H](C)C(=O)N2CCC[C@@H](c3nc4ccccc4cc3C(N)=O)C2)c(C)c1C. The third kappa shape index (κ3) is 4.11. The number of carbonyl (C=O) groups is 2. The van der Waals surface area contributed by atoms with Gasteiger partial charge in [-0.15, -0.1) is 0 Å². The Bertz CT molecular complexity index is 1180. The number of fused-ring (bicyclic) bond motifs is 1. The molecule has 0 bridgehead atoms. The summed E-state index contributed by atoms with van der Waals surface area (Å²) in [7, 11) is 0. The van der Waals surface area contributed by atoms with Gasteiger partial charge in [-0.3, -0.25) is 19.3 Å². The van der Waals surface area contributed by atoms with Crippen molar-refractivity contribution in [1.29, 1.82) is 0 Å². The Labute approximate surface area is 188 Å². The Balaban J connectivity index is 1.55. The Morgan fingerprint density at radius 3 is 2.66 bits per heavy atom. The molecule has 1 saturated heterocycles. The van der Waals surface area contributed by atoms with Crippen molar-refractivity contribution in [2.24, 2.45) is 11.7 Å². The molecule has 1 aliphatic heterocycles. The molecule has 2 atom stereocenters. The second-order valence-corrected chi connectivity index (χ2v) is 8.98. The van der Waals surface area contributed by atoms with Crippen LogP contribution in [0.15, 0.2) is 30.3 Å². The molecule has 1 aromatic carbocycles. The number of para-hydroxylation sites is 1. The minimum Gasteiger partial charge on any atom is -0.366 e. The van der Waals surface area contributed by atoms with Crippen molar-refractivity contribution in [2.75, 3.05) is 13.1 Å². The molecule has 32 heavy (non-hydrogen) atoms. The van der Waals surface area contributed by atoms with Gasteiger partial charge in [0, 0.05) is 30.1 Å². The molecule has 2 aromatic heterocycles. The number of aromatic nitrogens is 3. The first kappa shape index (κ1) is 22.0. The quantitative estimate of drug-likeness (QED) is 0.666. The smallest absolute Gasteiger partial charge is 0.250 e. The molecular weight excluding hydrogens is 402 g/mol. The number of rotatable bonds is 5. The number of nitrogens with two attached hydrogens (primary N) is 1. The van der Waals surface area contributed by atoms with E-state index in [0.717, 1.165) is 41.7 Å². The summed E-state index contributed by atoms with van der Waals surface area (Å²) in [6.45, 7) is 9.87. The zero-order valence-corrected chi connectivity index (χ0v) is 19.3. The number of hydrogen-bond donors (Lipinski definition) is 1. The van der Waals surface area contributed by atoms with Crippen LogP contribution in [0, 0.1) is 26.7 Å². The summed E-state index contributed by atoms with van der Waals surface area (Å²) in [6.07, 6.45) is 1.75. The lowest BCUT2D eigenvalue weighted by Crippen LogP contribution is -2.43. The van der Waals surface area contributed by atoms with E-state index in [1.54, 1.807) is 0 Å². The van der Waals surface area contributed by atoms with Crippen LogP contribution in [0.4, 0.5) is 0 Å². The third-order valence-corrected chi connectivity index (χ3v) is 6.75. The van der Waals surface area contributed by atoms with E-state index >= 15 is 0 Å². The van der Waals surface area contributed by atoms with Gasteiger partial charge in [-0.1, -0.05) is 25.1 Å². The van der Waals surface area contributed by atoms with E-state index in [0.29, 0.717) is 24.3 Å². The van der Waals surface area contributed by atoms with E-state index in [1.165, 1.54) is 5.56 Å². The van der Waals surface area contributed by atoms with Crippen molar-refractivity contribution in [3.8, 4) is 0 Å². The topological polar surface area (TPSA) is 94.1 Å². The molecule has 0 radical (unpaired) electrons. The van der Waals surface area contributed by atoms with Crippen molar-refractivity contribution in [1.82, 2.24) is 19.7 Å². The van der Waals surface area contributed by atoms with Gasteiger partial charge >= 0.3 is 0 Å². The summed E-state index contributed by atoms with van der Waals surface area (Å²) in [5.74, 6) is -0.564. The molecule has 7 nitrogen and oxygen atoms in total. The fourth-order valence-corrected chi connectivity index (χ4v) is 4.65. The molecule has 3 aromatic rings. The molecule has 0 spiro atoms. The van der Waals surface area contributed by atoms with E-state index in [9.17, 15) is 9.59 Å². The number of pyridine rings is 1. The number of nitrogens with zero attached hydrogens (tertiary/aromatic N) is 4. The van der Waals surface area contributed by atoms with E-state index in [-0.39, 0.29) is 17.7 Å². The maximum atomic E-state index is 13.3. The van der Waals surface area contributed by atoms with Crippen LogP contribution in [0.5, 0.6) is 0 Å². The summed E-state index contributed by atoms with van der Waals surface area (Å²) in [4.78, 5) is 32.2. The number of primary amides is 1. The minimum atomic E-state index is -0.477. The number of benzene rings is 1. The summed E-state index contributed by atoms with van der Waals surface area (Å²) in [5, 5.41) is 5.48. The molecular formula is C25H31N5O2. The zero-order chi connectivity index (χ0) is 23.0. The van der Waals surface area contributed by atoms with Gasteiger partial charge in [0.05, 0.1) is 34.9 Å². The van der Waals surface area contributed by atoms with Crippen LogP contribution < -0.4 is 5.73 Å². The van der Waals surface area contributed by atoms with Gasteiger partial charge in [0.2, 0.25) is 5.91 Å². The number of aryl methyl sites for hydroxylation is 1. The van der Waals surface area contributed by atoms with Crippen molar-refractivity contribution >= 4 is 22.7 Å². The average molecular weight is 434 g/mol. The van der Waals surface area contributed by atoms with E-state index < -0.39 is 5.91 Å². The van der Waals surface area contributed by atoms with Crippen LogP contribution in [-0.2, 0) is 11.3 Å². The van der Waals surface area contributed by atoms with Crippen LogP contribution in [0.1, 0.15) is 58.7 Å². The molecule has 0 aliphatic carbocycles. The highest BCUT2D eigenvalue weighted by atomic mass is 16.2. The fourth-order valence-electron chi connectivity index (χ4n) is 4.65. The molecule has 4 rings (SSSR count). The highest BCUT2D eigenvalue weighted by Gasteiger charge is 2.31. The normalized spacial score (nSPS) is 17.5. The Kier molecular flexibility index (Phi) is 6.00. The fraction of sp³-hybridized carbons (Fsp3) is 0.440. The number of carbonyl (C=O) groups excluding carboxylic acids is 2. The average Bonchev–Trinajstić information content (AvgIpc) is 3.04. The first-order valence-electron chi connectivity index (χ1n) is 11.2. The number of amides is 2. The van der Waals surface area contributed by atoms with Gasteiger partial charge in [-0.05, 0) is 51.3 Å². The monoisotopic (exact) mass is 433 g/mol. The summed E-state index contributed by atoms with van der Waals surface area (Å²) in [6, 6.07) is 9.54. The van der Waals surface area contributed by atoms with Crippen LogP contribution in [0.3, 0.4) is 0 Å². The molecule has 3 heterocycles. The largest absolute Gasteiger partial charge is 0.366 e. The second kappa shape index (κ2) is 8.73. The molecule has 0 unspecified atom stereocenters. The van der Waals surface area contributed by atoms with Gasteiger partial charge in [0.1, 0.15) is 0 Å². The first-order valence-corrected chi connectivity index (χ1v) is 11.2. The lowest BCUT2D eigenvalue weighted by molar-refractivity contribution is -0.136. The van der Waals surface area contributed by atoms with E-state index in [1.807, 2.05) is 60.7 Å². The number of hydrogen-bond acceptors (Lipinski definition) is 4. The van der Waals surface area contributed by atoms with Crippen molar-refractivity contribution in [2.45, 2.75) is 53.0 Å². The number of piperidine rings is 1. The first-order chi connectivity index (χ1) is 15.3. The van der Waals surface area contributed by atoms with Crippen LogP contribution in [0.2, 0.25) is 0 Å². The summed E-state index contributed by atoms with van der Waals surface area (Å²) < 4.78 is 1.94. The zero-order valence-electron chi connectivity index (χ0n) is 19.3. The highest BCUT2D eigenvalue weighted by Crippen LogP contribution is 2.31. The maximum Gasteiger partial charge on any atom is 0.250 e. The molecule has 168 valence electrons. The van der Waals surface area contributed by atoms with E-state index in [4.69, 9.17) is 10.7 Å². The number of likely N-dealkylation sites (tertiary alicyclic amines) is 1. The molecule has 7 heteroatoms. The van der Waals surface area contributed by atoms with Crippen molar-refractivity contribution in [3.05, 3.63) is 58.5 Å². The predicted octanol–water partition coefficient (Wildman–Crippen LogP) is 3.50. The van der Waals surface area contributed by atoms with Crippen molar-refractivity contribution < 1.29 is 9.59 Å².